The minimum Gasteiger partial charge on any atom is -0.352 e. The number of anilines is 1. The Hall–Kier alpha value is -2.04. The average molecular weight is 377 g/mol. The zero-order chi connectivity index (χ0) is 18.0. The van der Waals surface area contributed by atoms with Crippen LogP contribution in [0.5, 0.6) is 0 Å². The molecule has 0 aliphatic heterocycles. The molecule has 2 aromatic rings. The molecule has 2 N–H and O–H groups in total. The van der Waals surface area contributed by atoms with Crippen LogP contribution in [0.2, 0.25) is 10.0 Å². The van der Waals surface area contributed by atoms with E-state index in [-0.39, 0.29) is 23.7 Å². The molecule has 0 radical (unpaired) electrons. The molecule has 0 saturated heterocycles. The molecule has 3 rings (SSSR count). The molecule has 1 aliphatic rings. The van der Waals surface area contributed by atoms with E-state index in [1.807, 2.05) is 31.2 Å². The number of amides is 2. The van der Waals surface area contributed by atoms with Crippen LogP contribution in [0.3, 0.4) is 0 Å². The highest BCUT2D eigenvalue weighted by atomic mass is 35.5. The maximum Gasteiger partial charge on any atom is 0.228 e. The first-order chi connectivity index (χ1) is 12.0. The maximum absolute atomic E-state index is 12.3. The van der Waals surface area contributed by atoms with E-state index in [4.69, 9.17) is 23.2 Å². The minimum absolute atomic E-state index is 0.0983. The van der Waals surface area contributed by atoms with Gasteiger partial charge in [0.15, 0.2) is 0 Å². The Morgan fingerprint density at radius 2 is 1.80 bits per heavy atom. The molecule has 2 unspecified atom stereocenters. The highest BCUT2D eigenvalue weighted by Gasteiger charge is 2.48. The predicted molar refractivity (Wildman–Crippen MR) is 99.7 cm³/mol. The van der Waals surface area contributed by atoms with Crippen molar-refractivity contribution in [1.82, 2.24) is 5.32 Å². The van der Waals surface area contributed by atoms with E-state index < -0.39 is 0 Å². The Labute approximate surface area is 156 Å². The predicted octanol–water partition coefficient (Wildman–Crippen LogP) is 4.19. The number of benzene rings is 2. The normalized spacial score (nSPS) is 18.5. The lowest BCUT2D eigenvalue weighted by Gasteiger charge is -2.08. The summed E-state index contributed by atoms with van der Waals surface area (Å²) in [6.07, 6.45) is 0.545. The summed E-state index contributed by atoms with van der Waals surface area (Å²) in [5.41, 5.74) is 2.65. The molecule has 0 bridgehead atoms. The fourth-order valence-electron chi connectivity index (χ4n) is 2.74. The minimum atomic E-state index is -0.326. The molecule has 2 aromatic carbocycles. The van der Waals surface area contributed by atoms with E-state index in [0.29, 0.717) is 28.7 Å². The number of nitrogens with one attached hydrogen (secondary N) is 2. The Morgan fingerprint density at radius 3 is 2.56 bits per heavy atom. The summed E-state index contributed by atoms with van der Waals surface area (Å²) in [5, 5.41) is 6.32. The second kappa shape index (κ2) is 7.46. The van der Waals surface area contributed by atoms with Crippen LogP contribution in [-0.2, 0) is 16.1 Å². The number of carbonyl (C=O) groups is 2. The average Bonchev–Trinajstić information content (AvgIpc) is 3.38. The zero-order valence-electron chi connectivity index (χ0n) is 13.7. The van der Waals surface area contributed by atoms with Crippen LogP contribution in [0.1, 0.15) is 17.5 Å². The molecule has 1 fully saturated rings. The highest BCUT2D eigenvalue weighted by molar-refractivity contribution is 6.44. The van der Waals surface area contributed by atoms with Crippen molar-refractivity contribution < 1.29 is 9.59 Å². The molecular formula is C19H18Cl2N2O2. The second-order valence-corrected chi connectivity index (χ2v) is 7.03. The maximum atomic E-state index is 12.3. The molecular weight excluding hydrogens is 359 g/mol. The quantitative estimate of drug-likeness (QED) is 0.821. The lowest BCUT2D eigenvalue weighted by molar-refractivity contribution is -0.125. The summed E-state index contributed by atoms with van der Waals surface area (Å²) in [6.45, 7) is 2.47. The summed E-state index contributed by atoms with van der Waals surface area (Å²) in [5.74, 6) is -0.922. The molecule has 130 valence electrons. The van der Waals surface area contributed by atoms with E-state index in [1.165, 1.54) is 0 Å². The summed E-state index contributed by atoms with van der Waals surface area (Å²) < 4.78 is 0. The van der Waals surface area contributed by atoms with Crippen molar-refractivity contribution in [3.05, 3.63) is 63.6 Å². The van der Waals surface area contributed by atoms with E-state index >= 15 is 0 Å². The van der Waals surface area contributed by atoms with Crippen LogP contribution in [0.15, 0.2) is 42.5 Å². The van der Waals surface area contributed by atoms with E-state index in [9.17, 15) is 9.59 Å². The van der Waals surface area contributed by atoms with Gasteiger partial charge in [-0.1, -0.05) is 59.1 Å². The van der Waals surface area contributed by atoms with Gasteiger partial charge in [0.05, 0.1) is 27.6 Å². The third-order valence-electron chi connectivity index (χ3n) is 4.22. The van der Waals surface area contributed by atoms with Crippen molar-refractivity contribution in [2.45, 2.75) is 19.9 Å². The molecule has 25 heavy (non-hydrogen) atoms. The van der Waals surface area contributed by atoms with Gasteiger partial charge in [-0.05, 0) is 31.0 Å². The molecule has 0 spiro atoms. The Morgan fingerprint density at radius 1 is 1.08 bits per heavy atom. The number of rotatable bonds is 5. The summed E-state index contributed by atoms with van der Waals surface area (Å²) >= 11 is 12.0. The van der Waals surface area contributed by atoms with Crippen molar-refractivity contribution in [3.8, 4) is 0 Å². The van der Waals surface area contributed by atoms with Crippen LogP contribution in [0.25, 0.3) is 0 Å². The number of aryl methyl sites for hydroxylation is 1. The van der Waals surface area contributed by atoms with Gasteiger partial charge < -0.3 is 10.6 Å². The van der Waals surface area contributed by atoms with Crippen LogP contribution in [-0.4, -0.2) is 11.8 Å². The Kier molecular flexibility index (Phi) is 5.30. The van der Waals surface area contributed by atoms with Crippen LogP contribution >= 0.6 is 23.2 Å². The smallest absolute Gasteiger partial charge is 0.228 e. The molecule has 2 amide bonds. The van der Waals surface area contributed by atoms with E-state index in [2.05, 4.69) is 10.6 Å². The number of hydrogen-bond donors (Lipinski definition) is 2. The summed E-state index contributed by atoms with van der Waals surface area (Å²) in [4.78, 5) is 24.5. The van der Waals surface area contributed by atoms with E-state index in [1.54, 1.807) is 18.2 Å². The molecule has 2 atom stereocenters. The first-order valence-corrected chi connectivity index (χ1v) is 8.79. The van der Waals surface area contributed by atoms with Crippen molar-refractivity contribution in [1.29, 1.82) is 0 Å². The topological polar surface area (TPSA) is 58.2 Å². The van der Waals surface area contributed by atoms with Crippen LogP contribution in [0, 0.1) is 18.8 Å². The van der Waals surface area contributed by atoms with Gasteiger partial charge in [-0.2, -0.15) is 0 Å². The number of carbonyl (C=O) groups excluding carboxylic acids is 2. The van der Waals surface area contributed by atoms with Crippen molar-refractivity contribution in [2.75, 3.05) is 5.32 Å². The van der Waals surface area contributed by atoms with Gasteiger partial charge >= 0.3 is 0 Å². The molecule has 0 aromatic heterocycles. The van der Waals surface area contributed by atoms with Gasteiger partial charge in [-0.25, -0.2) is 0 Å². The molecule has 4 nitrogen and oxygen atoms in total. The van der Waals surface area contributed by atoms with Gasteiger partial charge in [0.25, 0.3) is 0 Å². The third-order valence-corrected chi connectivity index (χ3v) is 5.04. The lowest BCUT2D eigenvalue weighted by atomic mass is 10.1. The van der Waals surface area contributed by atoms with Crippen molar-refractivity contribution in [2.24, 2.45) is 11.8 Å². The van der Waals surface area contributed by atoms with Crippen molar-refractivity contribution >= 4 is 40.7 Å². The fraction of sp³-hybridized carbons (Fsp3) is 0.263. The SMILES string of the molecule is Cc1cccc(CNC(=O)C2CC2C(=O)Nc2cccc(Cl)c2Cl)c1. The third kappa shape index (κ3) is 4.33. The monoisotopic (exact) mass is 376 g/mol. The van der Waals surface area contributed by atoms with Gasteiger partial charge in [-0.3, -0.25) is 9.59 Å². The number of hydrogen-bond acceptors (Lipinski definition) is 2. The molecule has 6 heteroatoms. The highest BCUT2D eigenvalue weighted by Crippen LogP contribution is 2.40. The summed E-state index contributed by atoms with van der Waals surface area (Å²) in [6, 6.07) is 13.0. The largest absolute Gasteiger partial charge is 0.352 e. The van der Waals surface area contributed by atoms with E-state index in [0.717, 1.165) is 11.1 Å². The van der Waals surface area contributed by atoms with Gasteiger partial charge in [-0.15, -0.1) is 0 Å². The first kappa shape index (κ1) is 17.8. The molecule has 0 heterocycles. The fourth-order valence-corrected chi connectivity index (χ4v) is 3.09. The van der Waals surface area contributed by atoms with Gasteiger partial charge in [0.1, 0.15) is 0 Å². The zero-order valence-corrected chi connectivity index (χ0v) is 15.2. The summed E-state index contributed by atoms with van der Waals surface area (Å²) in [7, 11) is 0. The van der Waals surface area contributed by atoms with Crippen molar-refractivity contribution in [3.63, 3.8) is 0 Å². The number of halogens is 2. The Bertz CT molecular complexity index is 823. The lowest BCUT2D eigenvalue weighted by Crippen LogP contribution is -2.27. The van der Waals surface area contributed by atoms with Crippen LogP contribution < -0.4 is 10.6 Å². The van der Waals surface area contributed by atoms with Crippen LogP contribution in [0.4, 0.5) is 5.69 Å². The molecule has 1 aliphatic carbocycles. The standard InChI is InChI=1S/C19H18Cl2N2O2/c1-11-4-2-5-12(8-11)10-22-18(24)13-9-14(13)19(25)23-16-7-3-6-15(20)17(16)21/h2-8,13-14H,9-10H2,1H3,(H,22,24)(H,23,25). The second-order valence-electron chi connectivity index (χ2n) is 6.25. The van der Waals surface area contributed by atoms with Gasteiger partial charge in [0, 0.05) is 6.54 Å². The first-order valence-electron chi connectivity index (χ1n) is 8.04. The Balaban J connectivity index is 1.52. The molecule has 1 saturated carbocycles. The van der Waals surface area contributed by atoms with Gasteiger partial charge in [0.2, 0.25) is 11.8 Å².